The van der Waals surface area contributed by atoms with Gasteiger partial charge in [-0.15, -0.1) is 5.10 Å². The molecular formula is C12H15N5O3S. The van der Waals surface area contributed by atoms with Gasteiger partial charge in [-0.05, 0) is 13.0 Å². The highest BCUT2D eigenvalue weighted by Crippen LogP contribution is 2.21. The third kappa shape index (κ3) is 2.61. The van der Waals surface area contributed by atoms with Gasteiger partial charge in [0.25, 0.3) is 0 Å². The topological polar surface area (TPSA) is 90.2 Å². The van der Waals surface area contributed by atoms with Gasteiger partial charge in [0.2, 0.25) is 15.9 Å². The lowest BCUT2D eigenvalue weighted by Gasteiger charge is -2.26. The van der Waals surface area contributed by atoms with E-state index in [1.807, 2.05) is 6.92 Å². The van der Waals surface area contributed by atoms with E-state index in [4.69, 9.17) is 4.74 Å². The van der Waals surface area contributed by atoms with Gasteiger partial charge in [-0.1, -0.05) is 5.21 Å². The minimum Gasteiger partial charge on any atom is -0.478 e. The van der Waals surface area contributed by atoms with Crippen LogP contribution in [-0.2, 0) is 23.1 Å². The molecule has 0 amide bonds. The summed E-state index contributed by atoms with van der Waals surface area (Å²) in [6.07, 6.45) is 2.91. The number of rotatable bonds is 4. The van der Waals surface area contributed by atoms with Crippen LogP contribution in [0.2, 0.25) is 0 Å². The average Bonchev–Trinajstić information content (AvgIpc) is 2.95. The molecule has 8 nitrogen and oxygen atoms in total. The van der Waals surface area contributed by atoms with E-state index in [0.717, 1.165) is 5.69 Å². The zero-order valence-electron chi connectivity index (χ0n) is 11.5. The van der Waals surface area contributed by atoms with Crippen molar-refractivity contribution in [3.8, 4) is 5.88 Å². The monoisotopic (exact) mass is 309 g/mol. The molecule has 0 saturated carbocycles. The molecule has 9 heteroatoms. The van der Waals surface area contributed by atoms with E-state index in [2.05, 4.69) is 15.3 Å². The van der Waals surface area contributed by atoms with E-state index in [0.29, 0.717) is 25.6 Å². The number of pyridine rings is 1. The first-order chi connectivity index (χ1) is 10.1. The Morgan fingerprint density at radius 3 is 2.86 bits per heavy atom. The second-order valence-electron chi connectivity index (χ2n) is 4.55. The Labute approximate surface area is 122 Å². The Balaban J connectivity index is 1.84. The highest BCUT2D eigenvalue weighted by atomic mass is 32.2. The second kappa shape index (κ2) is 5.41. The van der Waals surface area contributed by atoms with Crippen molar-refractivity contribution in [3.63, 3.8) is 0 Å². The zero-order chi connectivity index (χ0) is 14.9. The van der Waals surface area contributed by atoms with Crippen molar-refractivity contribution >= 4 is 10.0 Å². The van der Waals surface area contributed by atoms with Crippen LogP contribution in [0.5, 0.6) is 5.88 Å². The van der Waals surface area contributed by atoms with E-state index < -0.39 is 10.0 Å². The molecule has 0 fully saturated rings. The molecule has 2 aromatic heterocycles. The maximum absolute atomic E-state index is 12.6. The second-order valence-corrected chi connectivity index (χ2v) is 6.49. The third-order valence-electron chi connectivity index (χ3n) is 3.24. The summed E-state index contributed by atoms with van der Waals surface area (Å²) in [7, 11) is -3.57. The van der Waals surface area contributed by atoms with Crippen LogP contribution >= 0.6 is 0 Å². The lowest BCUT2D eigenvalue weighted by Crippen LogP contribution is -2.38. The van der Waals surface area contributed by atoms with Crippen molar-refractivity contribution in [3.05, 3.63) is 30.2 Å². The predicted molar refractivity (Wildman–Crippen MR) is 73.0 cm³/mol. The van der Waals surface area contributed by atoms with Gasteiger partial charge in [-0.25, -0.2) is 18.1 Å². The predicted octanol–water partition coefficient (Wildman–Crippen LogP) is 0.276. The molecule has 1 aliphatic rings. The fourth-order valence-corrected chi connectivity index (χ4v) is 3.51. The molecule has 0 aromatic carbocycles. The van der Waals surface area contributed by atoms with Gasteiger partial charge in [-0.2, -0.15) is 4.31 Å². The third-order valence-corrected chi connectivity index (χ3v) is 5.07. The van der Waals surface area contributed by atoms with E-state index >= 15 is 0 Å². The zero-order valence-corrected chi connectivity index (χ0v) is 12.3. The van der Waals surface area contributed by atoms with E-state index in [1.165, 1.54) is 16.6 Å². The van der Waals surface area contributed by atoms with Crippen LogP contribution in [0.15, 0.2) is 29.4 Å². The molecule has 112 valence electrons. The number of hydrogen-bond acceptors (Lipinski definition) is 6. The van der Waals surface area contributed by atoms with Crippen LogP contribution in [-0.4, -0.2) is 45.9 Å². The summed E-state index contributed by atoms with van der Waals surface area (Å²) in [6, 6.07) is 3.07. The van der Waals surface area contributed by atoms with Gasteiger partial charge in [0.15, 0.2) is 0 Å². The molecule has 3 rings (SSSR count). The Hall–Kier alpha value is -2.00. The summed E-state index contributed by atoms with van der Waals surface area (Å²) in [5, 5.41) is 7.68. The average molecular weight is 309 g/mol. The number of aromatic nitrogens is 4. The van der Waals surface area contributed by atoms with Gasteiger partial charge in [0.05, 0.1) is 37.8 Å². The standard InChI is InChI=1S/C12H15N5O3S/c1-2-20-12-4-3-11(8-13-12)21(18,19)16-5-6-17-10(9-16)7-14-15-17/h3-4,7-8H,2,5-6,9H2,1H3. The van der Waals surface area contributed by atoms with E-state index in [1.54, 1.807) is 16.9 Å². The van der Waals surface area contributed by atoms with Gasteiger partial charge >= 0.3 is 0 Å². The number of sulfonamides is 1. The quantitative estimate of drug-likeness (QED) is 0.805. The maximum Gasteiger partial charge on any atom is 0.245 e. The van der Waals surface area contributed by atoms with Gasteiger partial charge in [0, 0.05) is 12.6 Å². The molecule has 0 radical (unpaired) electrons. The molecule has 0 aliphatic carbocycles. The van der Waals surface area contributed by atoms with Crippen LogP contribution in [0.1, 0.15) is 12.6 Å². The van der Waals surface area contributed by atoms with Gasteiger partial charge in [0.1, 0.15) is 4.90 Å². The summed E-state index contributed by atoms with van der Waals surface area (Å²) in [5.74, 6) is 0.414. The van der Waals surface area contributed by atoms with Gasteiger partial charge < -0.3 is 4.74 Å². The molecule has 0 atom stereocenters. The van der Waals surface area contributed by atoms with Crippen LogP contribution in [0.3, 0.4) is 0 Å². The largest absolute Gasteiger partial charge is 0.478 e. The smallest absolute Gasteiger partial charge is 0.245 e. The summed E-state index contributed by atoms with van der Waals surface area (Å²) in [6.45, 7) is 3.47. The maximum atomic E-state index is 12.6. The van der Waals surface area contributed by atoms with Crippen molar-refractivity contribution in [2.75, 3.05) is 13.2 Å². The molecule has 21 heavy (non-hydrogen) atoms. The van der Waals surface area contributed by atoms with E-state index in [9.17, 15) is 8.42 Å². The fourth-order valence-electron chi connectivity index (χ4n) is 2.16. The minimum atomic E-state index is -3.57. The summed E-state index contributed by atoms with van der Waals surface area (Å²) in [5.41, 5.74) is 0.781. The van der Waals surface area contributed by atoms with Gasteiger partial charge in [-0.3, -0.25) is 0 Å². The van der Waals surface area contributed by atoms with Crippen LogP contribution in [0, 0.1) is 0 Å². The number of nitrogens with zero attached hydrogens (tertiary/aromatic N) is 5. The molecule has 0 unspecified atom stereocenters. The van der Waals surface area contributed by atoms with Crippen molar-refractivity contribution in [1.29, 1.82) is 0 Å². The molecule has 0 saturated heterocycles. The molecule has 0 N–H and O–H groups in total. The van der Waals surface area contributed by atoms with E-state index in [-0.39, 0.29) is 11.4 Å². The summed E-state index contributed by atoms with van der Waals surface area (Å²) >= 11 is 0. The summed E-state index contributed by atoms with van der Waals surface area (Å²) in [4.78, 5) is 4.17. The number of hydrogen-bond donors (Lipinski definition) is 0. The first kappa shape index (κ1) is 14.0. The molecule has 3 heterocycles. The molecule has 2 aromatic rings. The van der Waals surface area contributed by atoms with Crippen LogP contribution in [0.4, 0.5) is 0 Å². The Morgan fingerprint density at radius 1 is 1.29 bits per heavy atom. The van der Waals surface area contributed by atoms with Crippen molar-refractivity contribution < 1.29 is 13.2 Å². The Morgan fingerprint density at radius 2 is 2.14 bits per heavy atom. The Bertz CT molecular complexity index is 726. The first-order valence-electron chi connectivity index (χ1n) is 6.57. The lowest BCUT2D eigenvalue weighted by atomic mass is 10.4. The minimum absolute atomic E-state index is 0.159. The van der Waals surface area contributed by atoms with Crippen LogP contribution in [0.25, 0.3) is 0 Å². The number of ether oxygens (including phenoxy) is 1. The molecule has 0 spiro atoms. The molecule has 1 aliphatic heterocycles. The fraction of sp³-hybridized carbons (Fsp3) is 0.417. The molecule has 0 bridgehead atoms. The Kier molecular flexibility index (Phi) is 3.60. The lowest BCUT2D eigenvalue weighted by molar-refractivity contribution is 0.322. The first-order valence-corrected chi connectivity index (χ1v) is 8.01. The highest BCUT2D eigenvalue weighted by molar-refractivity contribution is 7.89. The van der Waals surface area contributed by atoms with Crippen LogP contribution < -0.4 is 4.74 Å². The van der Waals surface area contributed by atoms with Crippen molar-refractivity contribution in [2.45, 2.75) is 24.9 Å². The normalized spacial score (nSPS) is 15.7. The summed E-state index contributed by atoms with van der Waals surface area (Å²) < 4.78 is 33.5. The number of fused-ring (bicyclic) bond motifs is 1. The highest BCUT2D eigenvalue weighted by Gasteiger charge is 2.29. The molecular weight excluding hydrogens is 294 g/mol. The van der Waals surface area contributed by atoms with Crippen molar-refractivity contribution in [2.24, 2.45) is 0 Å². The van der Waals surface area contributed by atoms with Crippen molar-refractivity contribution in [1.82, 2.24) is 24.3 Å². The SMILES string of the molecule is CCOc1ccc(S(=O)(=O)N2CCn3nncc3C2)cn1.